The van der Waals surface area contributed by atoms with E-state index in [-0.39, 0.29) is 0 Å². The highest BCUT2D eigenvalue weighted by atomic mass is 32.1. The average Bonchev–Trinajstić information content (AvgIpc) is 2.85. The van der Waals surface area contributed by atoms with Gasteiger partial charge in [-0.05, 0) is 36.8 Å². The molecule has 19 heavy (non-hydrogen) atoms. The minimum Gasteiger partial charge on any atom is -0.490 e. The summed E-state index contributed by atoms with van der Waals surface area (Å²) in [7, 11) is 0. The standard InChI is InChI=1S/C13H16N4OS/c1-2-5-16-6-7-18-12-4-3-10(8-11(12)16)17-9-14-15-13(17)19/h3-4,8-9H,2,5-7H2,1H3,(H,15,19). The van der Waals surface area contributed by atoms with Crippen molar-refractivity contribution in [2.45, 2.75) is 13.3 Å². The zero-order chi connectivity index (χ0) is 13.2. The lowest BCUT2D eigenvalue weighted by molar-refractivity contribution is 0.307. The Morgan fingerprint density at radius 2 is 2.37 bits per heavy atom. The zero-order valence-corrected chi connectivity index (χ0v) is 11.6. The number of aromatic amines is 1. The summed E-state index contributed by atoms with van der Waals surface area (Å²) in [6.45, 7) is 4.90. The van der Waals surface area contributed by atoms with Crippen LogP contribution in [0, 0.1) is 4.77 Å². The van der Waals surface area contributed by atoms with Crippen LogP contribution in [0.15, 0.2) is 24.5 Å². The van der Waals surface area contributed by atoms with Gasteiger partial charge in [-0.25, -0.2) is 0 Å². The molecule has 5 nitrogen and oxygen atoms in total. The number of ether oxygens (including phenoxy) is 1. The minimum atomic E-state index is 0.596. The number of hydrogen-bond acceptors (Lipinski definition) is 4. The Morgan fingerprint density at radius 1 is 1.47 bits per heavy atom. The van der Waals surface area contributed by atoms with Crippen molar-refractivity contribution in [2.75, 3.05) is 24.6 Å². The van der Waals surface area contributed by atoms with Crippen molar-refractivity contribution in [2.24, 2.45) is 0 Å². The number of nitrogens with one attached hydrogen (secondary N) is 1. The predicted molar refractivity (Wildman–Crippen MR) is 76.7 cm³/mol. The maximum Gasteiger partial charge on any atom is 0.199 e. The molecule has 3 rings (SSSR count). The summed E-state index contributed by atoms with van der Waals surface area (Å²) in [6, 6.07) is 6.11. The Kier molecular flexibility index (Phi) is 3.25. The molecule has 0 fully saturated rings. The third kappa shape index (κ3) is 2.23. The van der Waals surface area contributed by atoms with E-state index in [9.17, 15) is 0 Å². The monoisotopic (exact) mass is 276 g/mol. The van der Waals surface area contributed by atoms with Crippen LogP contribution in [0.3, 0.4) is 0 Å². The van der Waals surface area contributed by atoms with Crippen molar-refractivity contribution in [3.8, 4) is 11.4 Å². The predicted octanol–water partition coefficient (Wildman–Crippen LogP) is 2.54. The van der Waals surface area contributed by atoms with E-state index in [0.29, 0.717) is 4.77 Å². The van der Waals surface area contributed by atoms with Crippen LogP contribution in [-0.4, -0.2) is 34.5 Å². The van der Waals surface area contributed by atoms with E-state index in [0.717, 1.165) is 43.2 Å². The van der Waals surface area contributed by atoms with Gasteiger partial charge in [-0.1, -0.05) is 6.92 Å². The second-order valence-electron chi connectivity index (χ2n) is 4.52. The number of H-pyrrole nitrogens is 1. The van der Waals surface area contributed by atoms with Crippen molar-refractivity contribution in [1.29, 1.82) is 0 Å². The van der Waals surface area contributed by atoms with Crippen molar-refractivity contribution >= 4 is 17.9 Å². The van der Waals surface area contributed by atoms with Gasteiger partial charge in [0.25, 0.3) is 0 Å². The number of rotatable bonds is 3. The molecule has 1 N–H and O–H groups in total. The fourth-order valence-electron chi connectivity index (χ4n) is 2.35. The molecule has 0 atom stereocenters. The molecule has 6 heteroatoms. The van der Waals surface area contributed by atoms with Gasteiger partial charge in [-0.3, -0.25) is 9.67 Å². The van der Waals surface area contributed by atoms with Gasteiger partial charge in [0.05, 0.1) is 17.9 Å². The van der Waals surface area contributed by atoms with Gasteiger partial charge >= 0.3 is 0 Å². The van der Waals surface area contributed by atoms with Gasteiger partial charge in [0.2, 0.25) is 0 Å². The number of benzene rings is 1. The molecule has 100 valence electrons. The van der Waals surface area contributed by atoms with E-state index >= 15 is 0 Å². The number of fused-ring (bicyclic) bond motifs is 1. The highest BCUT2D eigenvalue weighted by Gasteiger charge is 2.18. The summed E-state index contributed by atoms with van der Waals surface area (Å²) in [6.07, 6.45) is 2.81. The Hall–Kier alpha value is -1.82. The van der Waals surface area contributed by atoms with Gasteiger partial charge in [-0.2, -0.15) is 5.10 Å². The van der Waals surface area contributed by atoms with Gasteiger partial charge in [0.1, 0.15) is 18.7 Å². The quantitative estimate of drug-likeness (QED) is 0.875. The summed E-state index contributed by atoms with van der Waals surface area (Å²) in [5.41, 5.74) is 2.14. The molecule has 2 heterocycles. The van der Waals surface area contributed by atoms with E-state index in [1.165, 1.54) is 0 Å². The fourth-order valence-corrected chi connectivity index (χ4v) is 2.55. The molecule has 0 bridgehead atoms. The molecule has 0 amide bonds. The molecule has 0 spiro atoms. The Labute approximate surface area is 116 Å². The molecule has 0 saturated carbocycles. The average molecular weight is 276 g/mol. The first-order chi connectivity index (χ1) is 9.29. The first-order valence-corrected chi connectivity index (χ1v) is 6.84. The summed E-state index contributed by atoms with van der Waals surface area (Å²) >= 11 is 5.20. The van der Waals surface area contributed by atoms with Crippen LogP contribution in [-0.2, 0) is 0 Å². The SMILES string of the molecule is CCCN1CCOc2ccc(-n3cn[nH]c3=S)cc21. The van der Waals surface area contributed by atoms with Crippen molar-refractivity contribution < 1.29 is 4.74 Å². The third-order valence-electron chi connectivity index (χ3n) is 3.23. The van der Waals surface area contributed by atoms with Crippen LogP contribution in [0.2, 0.25) is 0 Å². The van der Waals surface area contributed by atoms with Crippen molar-refractivity contribution in [3.05, 3.63) is 29.3 Å². The van der Waals surface area contributed by atoms with Crippen LogP contribution < -0.4 is 9.64 Å². The van der Waals surface area contributed by atoms with Crippen molar-refractivity contribution in [1.82, 2.24) is 14.8 Å². The van der Waals surface area contributed by atoms with E-state index < -0.39 is 0 Å². The van der Waals surface area contributed by atoms with Crippen LogP contribution in [0.4, 0.5) is 5.69 Å². The molecule has 2 aromatic rings. The van der Waals surface area contributed by atoms with Crippen LogP contribution in [0.25, 0.3) is 5.69 Å². The molecule has 0 radical (unpaired) electrons. The van der Waals surface area contributed by atoms with Crippen LogP contribution in [0.1, 0.15) is 13.3 Å². The minimum absolute atomic E-state index is 0.596. The number of aromatic nitrogens is 3. The van der Waals surface area contributed by atoms with Gasteiger partial charge in [-0.15, -0.1) is 0 Å². The summed E-state index contributed by atoms with van der Waals surface area (Å²) < 4.78 is 8.15. The highest BCUT2D eigenvalue weighted by Crippen LogP contribution is 2.33. The molecule has 1 aromatic heterocycles. The highest BCUT2D eigenvalue weighted by molar-refractivity contribution is 7.71. The van der Waals surface area contributed by atoms with E-state index in [2.05, 4.69) is 28.1 Å². The number of anilines is 1. The smallest absolute Gasteiger partial charge is 0.199 e. The lowest BCUT2D eigenvalue weighted by Gasteiger charge is -2.31. The molecule has 0 unspecified atom stereocenters. The zero-order valence-electron chi connectivity index (χ0n) is 10.8. The largest absolute Gasteiger partial charge is 0.490 e. The second kappa shape index (κ2) is 5.05. The second-order valence-corrected chi connectivity index (χ2v) is 4.91. The van der Waals surface area contributed by atoms with Crippen LogP contribution >= 0.6 is 12.2 Å². The van der Waals surface area contributed by atoms with Crippen LogP contribution in [0.5, 0.6) is 5.75 Å². The Balaban J connectivity index is 2.04. The van der Waals surface area contributed by atoms with E-state index in [1.54, 1.807) is 6.33 Å². The number of nitrogens with zero attached hydrogens (tertiary/aromatic N) is 3. The number of hydrogen-bond donors (Lipinski definition) is 1. The molecule has 0 aliphatic carbocycles. The van der Waals surface area contributed by atoms with Crippen molar-refractivity contribution in [3.63, 3.8) is 0 Å². The summed E-state index contributed by atoms with van der Waals surface area (Å²) in [4.78, 5) is 2.35. The fraction of sp³-hybridized carbons (Fsp3) is 0.385. The summed E-state index contributed by atoms with van der Waals surface area (Å²) in [5.74, 6) is 0.943. The van der Waals surface area contributed by atoms with E-state index in [1.807, 2.05) is 16.7 Å². The lowest BCUT2D eigenvalue weighted by atomic mass is 10.2. The molecule has 1 aliphatic rings. The van der Waals surface area contributed by atoms with E-state index in [4.69, 9.17) is 17.0 Å². The topological polar surface area (TPSA) is 46.1 Å². The van der Waals surface area contributed by atoms with Gasteiger partial charge in [0, 0.05) is 6.54 Å². The van der Waals surface area contributed by atoms with Gasteiger partial charge in [0.15, 0.2) is 4.77 Å². The maximum atomic E-state index is 5.70. The third-order valence-corrected chi connectivity index (χ3v) is 3.51. The molecular weight excluding hydrogens is 260 g/mol. The molecule has 0 saturated heterocycles. The lowest BCUT2D eigenvalue weighted by Crippen LogP contribution is -2.33. The first kappa shape index (κ1) is 12.2. The molecular formula is C13H16N4OS. The summed E-state index contributed by atoms with van der Waals surface area (Å²) in [5, 5.41) is 6.72. The Bertz CT molecular complexity index is 634. The Morgan fingerprint density at radius 3 is 3.11 bits per heavy atom. The van der Waals surface area contributed by atoms with Gasteiger partial charge < -0.3 is 9.64 Å². The molecule has 1 aromatic carbocycles. The first-order valence-electron chi connectivity index (χ1n) is 6.44. The normalized spacial score (nSPS) is 14.1. The maximum absolute atomic E-state index is 5.70. The molecule has 1 aliphatic heterocycles.